The number of amides is 2. The van der Waals surface area contributed by atoms with Gasteiger partial charge in [0.25, 0.3) is 5.69 Å². The van der Waals surface area contributed by atoms with E-state index in [1.165, 1.54) is 24.4 Å². The number of nitrogens with one attached hydrogen (secondary N) is 2. The fourth-order valence-electron chi connectivity index (χ4n) is 1.70. The third-order valence-corrected chi connectivity index (χ3v) is 2.87. The second-order valence-corrected chi connectivity index (χ2v) is 4.59. The Hall–Kier alpha value is -3.62. The van der Waals surface area contributed by atoms with Crippen LogP contribution in [0, 0.1) is 10.1 Å². The highest BCUT2D eigenvalue weighted by molar-refractivity contribution is 6.35. The smallest absolute Gasteiger partial charge is 0.329 e. The molecule has 0 atom stereocenters. The number of non-ortho nitro benzene ring substituents is 1. The molecule has 1 aromatic carbocycles. The third-order valence-electron chi connectivity index (χ3n) is 2.87. The van der Waals surface area contributed by atoms with E-state index in [-0.39, 0.29) is 12.2 Å². The van der Waals surface area contributed by atoms with Crippen LogP contribution in [-0.4, -0.2) is 27.9 Å². The van der Waals surface area contributed by atoms with Crippen LogP contribution in [-0.2, 0) is 16.1 Å². The first-order valence-electron chi connectivity index (χ1n) is 6.81. The van der Waals surface area contributed by atoms with E-state index < -0.39 is 16.7 Å². The summed E-state index contributed by atoms with van der Waals surface area (Å²) in [6, 6.07) is 9.10. The lowest BCUT2D eigenvalue weighted by Crippen LogP contribution is -2.37. The van der Waals surface area contributed by atoms with Gasteiger partial charge in [-0.3, -0.25) is 24.7 Å². The fraction of sp³-hybridized carbons (Fsp3) is 0.0667. The van der Waals surface area contributed by atoms with E-state index in [9.17, 15) is 19.7 Å². The molecule has 0 saturated carbocycles. The molecule has 9 nitrogen and oxygen atoms in total. The molecule has 1 aromatic heterocycles. The van der Waals surface area contributed by atoms with E-state index in [1.54, 1.807) is 30.6 Å². The van der Waals surface area contributed by atoms with Crippen LogP contribution in [0.4, 0.5) is 5.69 Å². The zero-order chi connectivity index (χ0) is 17.4. The molecule has 0 unspecified atom stereocenters. The molecule has 2 amide bonds. The van der Waals surface area contributed by atoms with Crippen molar-refractivity contribution in [3.63, 3.8) is 0 Å². The van der Waals surface area contributed by atoms with Crippen molar-refractivity contribution in [2.75, 3.05) is 0 Å². The predicted octanol–water partition coefficient (Wildman–Crippen LogP) is 0.756. The number of pyridine rings is 1. The van der Waals surface area contributed by atoms with Crippen molar-refractivity contribution in [1.82, 2.24) is 15.7 Å². The first kappa shape index (κ1) is 16.7. The van der Waals surface area contributed by atoms with Gasteiger partial charge in [-0.25, -0.2) is 5.43 Å². The zero-order valence-corrected chi connectivity index (χ0v) is 12.4. The third kappa shape index (κ3) is 4.98. The maximum absolute atomic E-state index is 11.6. The number of nitro benzene ring substituents is 1. The molecule has 0 aliphatic rings. The Labute approximate surface area is 136 Å². The van der Waals surface area contributed by atoms with Crippen molar-refractivity contribution >= 4 is 23.7 Å². The summed E-state index contributed by atoms with van der Waals surface area (Å²) in [5, 5.41) is 16.7. The molecule has 9 heteroatoms. The molecule has 2 rings (SSSR count). The van der Waals surface area contributed by atoms with E-state index in [2.05, 4.69) is 20.8 Å². The van der Waals surface area contributed by atoms with Gasteiger partial charge >= 0.3 is 11.8 Å². The SMILES string of the molecule is O=C(NCc1ccncc1)C(=O)N/N=C\c1cccc([N+](=O)[O-])c1. The van der Waals surface area contributed by atoms with E-state index in [0.717, 1.165) is 5.56 Å². The van der Waals surface area contributed by atoms with E-state index in [0.29, 0.717) is 5.56 Å². The molecule has 0 aliphatic heterocycles. The quantitative estimate of drug-likeness (QED) is 0.363. The van der Waals surface area contributed by atoms with Crippen LogP contribution < -0.4 is 10.7 Å². The number of nitro groups is 1. The maximum Gasteiger partial charge on any atom is 0.329 e. The number of benzene rings is 1. The average Bonchev–Trinajstić information content (AvgIpc) is 2.60. The Bertz CT molecular complexity index is 776. The number of carbonyl (C=O) groups excluding carboxylic acids is 2. The monoisotopic (exact) mass is 327 g/mol. The Morgan fingerprint density at radius 3 is 2.67 bits per heavy atom. The summed E-state index contributed by atoms with van der Waals surface area (Å²) in [6.45, 7) is 0.184. The average molecular weight is 327 g/mol. The van der Waals surface area contributed by atoms with Crippen molar-refractivity contribution in [3.8, 4) is 0 Å². The highest BCUT2D eigenvalue weighted by atomic mass is 16.6. The van der Waals surface area contributed by atoms with Gasteiger partial charge < -0.3 is 5.32 Å². The zero-order valence-electron chi connectivity index (χ0n) is 12.4. The summed E-state index contributed by atoms with van der Waals surface area (Å²) >= 11 is 0. The topological polar surface area (TPSA) is 127 Å². The second-order valence-electron chi connectivity index (χ2n) is 4.59. The van der Waals surface area contributed by atoms with Gasteiger partial charge in [0, 0.05) is 36.6 Å². The van der Waals surface area contributed by atoms with Gasteiger partial charge in [-0.2, -0.15) is 5.10 Å². The van der Waals surface area contributed by atoms with Gasteiger partial charge in [-0.15, -0.1) is 0 Å². The van der Waals surface area contributed by atoms with Crippen LogP contribution in [0.1, 0.15) is 11.1 Å². The first-order chi connectivity index (χ1) is 11.6. The van der Waals surface area contributed by atoms with Crippen LogP contribution in [0.15, 0.2) is 53.9 Å². The highest BCUT2D eigenvalue weighted by Crippen LogP contribution is 2.11. The summed E-state index contributed by atoms with van der Waals surface area (Å²) in [5.41, 5.74) is 3.17. The summed E-state index contributed by atoms with van der Waals surface area (Å²) in [5.74, 6) is -1.78. The summed E-state index contributed by atoms with van der Waals surface area (Å²) in [4.78, 5) is 37.1. The number of rotatable bonds is 5. The van der Waals surface area contributed by atoms with Crippen LogP contribution in [0.2, 0.25) is 0 Å². The van der Waals surface area contributed by atoms with Crippen LogP contribution >= 0.6 is 0 Å². The van der Waals surface area contributed by atoms with E-state index in [1.807, 2.05) is 0 Å². The van der Waals surface area contributed by atoms with Crippen molar-refractivity contribution in [2.24, 2.45) is 5.10 Å². The predicted molar refractivity (Wildman–Crippen MR) is 84.9 cm³/mol. The minimum atomic E-state index is -0.939. The first-order valence-corrected chi connectivity index (χ1v) is 6.81. The second kappa shape index (κ2) is 8.13. The lowest BCUT2D eigenvalue weighted by atomic mass is 10.2. The van der Waals surface area contributed by atoms with Crippen molar-refractivity contribution < 1.29 is 14.5 Å². The van der Waals surface area contributed by atoms with E-state index >= 15 is 0 Å². The molecule has 0 bridgehead atoms. The normalized spacial score (nSPS) is 10.3. The number of hydrogen-bond donors (Lipinski definition) is 2. The van der Waals surface area contributed by atoms with Gasteiger partial charge in [0.2, 0.25) is 0 Å². The van der Waals surface area contributed by atoms with Crippen molar-refractivity contribution in [1.29, 1.82) is 0 Å². The molecule has 2 aromatic rings. The van der Waals surface area contributed by atoms with Crippen LogP contribution in [0.3, 0.4) is 0 Å². The lowest BCUT2D eigenvalue weighted by molar-refractivity contribution is -0.384. The number of hydrogen-bond acceptors (Lipinski definition) is 6. The largest absolute Gasteiger partial charge is 0.344 e. The molecule has 24 heavy (non-hydrogen) atoms. The molecule has 0 radical (unpaired) electrons. The van der Waals surface area contributed by atoms with Gasteiger partial charge in [0.1, 0.15) is 0 Å². The van der Waals surface area contributed by atoms with Gasteiger partial charge in [-0.1, -0.05) is 12.1 Å². The number of aromatic nitrogens is 1. The lowest BCUT2D eigenvalue weighted by Gasteiger charge is -2.03. The highest BCUT2D eigenvalue weighted by Gasteiger charge is 2.11. The standard InChI is InChI=1S/C15H13N5O4/c21-14(17-9-11-4-6-16-7-5-11)15(22)19-18-10-12-2-1-3-13(8-12)20(23)24/h1-8,10H,9H2,(H,17,21)(H,19,22)/b18-10-. The molecule has 122 valence electrons. The molecular formula is C15H13N5O4. The van der Waals surface area contributed by atoms with Crippen molar-refractivity contribution in [2.45, 2.75) is 6.54 Å². The molecule has 0 spiro atoms. The summed E-state index contributed by atoms with van der Waals surface area (Å²) in [6.07, 6.45) is 4.36. The molecule has 2 N–H and O–H groups in total. The summed E-state index contributed by atoms with van der Waals surface area (Å²) in [7, 11) is 0. The minimum absolute atomic E-state index is 0.0969. The van der Waals surface area contributed by atoms with Gasteiger partial charge in [0.05, 0.1) is 11.1 Å². The van der Waals surface area contributed by atoms with Gasteiger partial charge in [0.15, 0.2) is 0 Å². The molecule has 0 fully saturated rings. The Balaban J connectivity index is 1.84. The van der Waals surface area contributed by atoms with E-state index in [4.69, 9.17) is 0 Å². The number of nitrogens with zero attached hydrogens (tertiary/aromatic N) is 3. The Morgan fingerprint density at radius 1 is 1.21 bits per heavy atom. The Morgan fingerprint density at radius 2 is 1.96 bits per heavy atom. The maximum atomic E-state index is 11.6. The molecule has 0 aliphatic carbocycles. The van der Waals surface area contributed by atoms with Crippen LogP contribution in [0.5, 0.6) is 0 Å². The minimum Gasteiger partial charge on any atom is -0.344 e. The fourth-order valence-corrected chi connectivity index (χ4v) is 1.70. The number of carbonyl (C=O) groups is 2. The molecule has 1 heterocycles. The summed E-state index contributed by atoms with van der Waals surface area (Å²) < 4.78 is 0. The van der Waals surface area contributed by atoms with Crippen LogP contribution in [0.25, 0.3) is 0 Å². The van der Waals surface area contributed by atoms with Gasteiger partial charge in [-0.05, 0) is 17.7 Å². The van der Waals surface area contributed by atoms with Crippen molar-refractivity contribution in [3.05, 3.63) is 70.0 Å². The Kier molecular flexibility index (Phi) is 5.67. The molecular weight excluding hydrogens is 314 g/mol. The molecule has 0 saturated heterocycles. The number of hydrazone groups is 1.